The van der Waals surface area contributed by atoms with Crippen molar-refractivity contribution < 1.29 is 26.1 Å². The van der Waals surface area contributed by atoms with Gasteiger partial charge in [0.05, 0.1) is 10.5 Å². The summed E-state index contributed by atoms with van der Waals surface area (Å²) in [7, 11) is -6.16. The van der Waals surface area contributed by atoms with Crippen LogP contribution in [0.25, 0.3) is 0 Å². The van der Waals surface area contributed by atoms with E-state index in [1.54, 1.807) is 36.4 Å². The molecule has 8 heteroatoms. The fourth-order valence-corrected chi connectivity index (χ4v) is 5.81. The number of benzene rings is 3. The zero-order valence-electron chi connectivity index (χ0n) is 13.8. The van der Waals surface area contributed by atoms with Crippen molar-refractivity contribution >= 4 is 34.0 Å². The quantitative estimate of drug-likeness (QED) is 0.527. The van der Waals surface area contributed by atoms with E-state index in [9.17, 15) is 26.1 Å². The number of hydrogen-bond donors (Lipinski definition) is 1. The van der Waals surface area contributed by atoms with E-state index in [4.69, 9.17) is 0 Å². The fraction of sp³-hybridized carbons (Fsp3) is 0.0526. The van der Waals surface area contributed by atoms with Gasteiger partial charge >= 0.3 is 6.18 Å². The highest BCUT2D eigenvalue weighted by Gasteiger charge is 2.35. The molecule has 140 valence electrons. The third-order valence-corrected chi connectivity index (χ3v) is 7.17. The van der Waals surface area contributed by atoms with E-state index in [0.717, 1.165) is 6.07 Å². The van der Waals surface area contributed by atoms with E-state index in [2.05, 4.69) is 0 Å². The summed E-state index contributed by atoms with van der Waals surface area (Å²) in [5, 5.41) is 1.10. The predicted molar refractivity (Wildman–Crippen MR) is 100.0 cm³/mol. The van der Waals surface area contributed by atoms with Crippen LogP contribution in [0.15, 0.2) is 83.8 Å². The minimum Gasteiger partial charge on any atom is -0.282 e. The molecule has 3 rings (SSSR count). The Hall–Kier alpha value is -2.21. The topological polar surface area (TPSA) is 54.4 Å². The van der Waals surface area contributed by atoms with Gasteiger partial charge in [-0.3, -0.25) is 4.55 Å². The Kier molecular flexibility index (Phi) is 5.38. The van der Waals surface area contributed by atoms with Gasteiger partial charge in [0.15, 0.2) is 0 Å². The lowest BCUT2D eigenvalue weighted by Gasteiger charge is -2.23. The Morgan fingerprint density at radius 3 is 2.00 bits per heavy atom. The number of halogens is 3. The number of rotatable bonds is 4. The molecule has 1 unspecified atom stereocenters. The van der Waals surface area contributed by atoms with Crippen molar-refractivity contribution in [2.24, 2.45) is 0 Å². The second-order valence-corrected chi connectivity index (χ2v) is 9.27. The summed E-state index contributed by atoms with van der Waals surface area (Å²) in [6.45, 7) is 0. The zero-order valence-corrected chi connectivity index (χ0v) is 15.5. The van der Waals surface area contributed by atoms with Gasteiger partial charge in [0.1, 0.15) is 0 Å². The lowest BCUT2D eigenvalue weighted by Crippen LogP contribution is -2.27. The highest BCUT2D eigenvalue weighted by atomic mass is 32.2. The van der Waals surface area contributed by atoms with Crippen molar-refractivity contribution in [1.82, 2.24) is 0 Å². The average Bonchev–Trinajstić information content (AvgIpc) is 2.62. The smallest absolute Gasteiger partial charge is 0.282 e. The zero-order chi connectivity index (χ0) is 19.7. The molecule has 3 nitrogen and oxygen atoms in total. The van der Waals surface area contributed by atoms with Crippen LogP contribution in [0, 0.1) is 0 Å². The molecule has 3 aromatic carbocycles. The largest absolute Gasteiger partial charge is 0.417 e. The monoisotopic (exact) mass is 410 g/mol. The molecule has 0 amide bonds. The van der Waals surface area contributed by atoms with E-state index in [0.29, 0.717) is 10.6 Å². The van der Waals surface area contributed by atoms with Crippen molar-refractivity contribution in [1.29, 1.82) is 0 Å². The summed E-state index contributed by atoms with van der Waals surface area (Å²) in [4.78, 5) is -0.354. The van der Waals surface area contributed by atoms with Crippen LogP contribution in [0.4, 0.5) is 13.2 Å². The molecular formula is C19H14F3O3PS. The van der Waals surface area contributed by atoms with Crippen LogP contribution in [-0.2, 0) is 16.3 Å². The van der Waals surface area contributed by atoms with Crippen LogP contribution in [0.3, 0.4) is 0 Å². The van der Waals surface area contributed by atoms with E-state index in [-0.39, 0.29) is 10.2 Å². The Bertz CT molecular complexity index is 1050. The molecule has 0 saturated carbocycles. The SMILES string of the molecule is O=S(=O)(O)c1cccc(P(c2ccccc2)c2ccccc2C(F)(F)F)c1. The molecule has 0 aliphatic rings. The molecule has 27 heavy (non-hydrogen) atoms. The first kappa shape index (κ1) is 19.5. The molecule has 0 aliphatic carbocycles. The third kappa shape index (κ3) is 4.38. The maximum atomic E-state index is 13.6. The molecule has 0 saturated heterocycles. The second kappa shape index (κ2) is 7.43. The van der Waals surface area contributed by atoms with Gasteiger partial charge in [-0.05, 0) is 42.0 Å². The van der Waals surface area contributed by atoms with Crippen molar-refractivity contribution in [3.8, 4) is 0 Å². The third-order valence-electron chi connectivity index (χ3n) is 3.84. The van der Waals surface area contributed by atoms with Gasteiger partial charge in [0, 0.05) is 0 Å². The summed E-state index contributed by atoms with van der Waals surface area (Å²) < 4.78 is 73.0. The Labute approximate surface area is 156 Å². The molecule has 3 aromatic rings. The Morgan fingerprint density at radius 1 is 0.778 bits per heavy atom. The highest BCUT2D eigenvalue weighted by molar-refractivity contribution is 7.86. The van der Waals surface area contributed by atoms with Crippen LogP contribution in [0.2, 0.25) is 0 Å². The molecule has 1 atom stereocenters. The molecule has 0 radical (unpaired) electrons. The molecule has 0 aliphatic heterocycles. The van der Waals surface area contributed by atoms with Gasteiger partial charge in [-0.25, -0.2) is 0 Å². The number of alkyl halides is 3. The molecule has 1 N–H and O–H groups in total. The van der Waals surface area contributed by atoms with Crippen molar-refractivity contribution in [2.75, 3.05) is 0 Å². The summed E-state index contributed by atoms with van der Waals surface area (Å²) in [6.07, 6.45) is -4.55. The summed E-state index contributed by atoms with van der Waals surface area (Å²) in [6, 6.07) is 19.3. The van der Waals surface area contributed by atoms with E-state index >= 15 is 0 Å². The van der Waals surface area contributed by atoms with E-state index in [1.165, 1.54) is 36.4 Å². The number of hydrogen-bond acceptors (Lipinski definition) is 2. The van der Waals surface area contributed by atoms with Gasteiger partial charge in [-0.15, -0.1) is 0 Å². The minimum atomic E-state index is -4.55. The summed E-state index contributed by atoms with van der Waals surface area (Å²) in [5.74, 6) is 0. The normalized spacial score (nSPS) is 13.3. The summed E-state index contributed by atoms with van der Waals surface area (Å²) >= 11 is 0. The first-order chi connectivity index (χ1) is 12.7. The predicted octanol–water partition coefficient (Wildman–Crippen LogP) is 3.71. The lowest BCUT2D eigenvalue weighted by atomic mass is 10.2. The van der Waals surface area contributed by atoms with Gasteiger partial charge < -0.3 is 0 Å². The van der Waals surface area contributed by atoms with Crippen LogP contribution in [-0.4, -0.2) is 13.0 Å². The maximum Gasteiger partial charge on any atom is 0.417 e. The molecule has 0 spiro atoms. The molecule has 0 heterocycles. The van der Waals surface area contributed by atoms with Crippen molar-refractivity contribution in [2.45, 2.75) is 11.1 Å². The molecule has 0 fully saturated rings. The van der Waals surface area contributed by atoms with Crippen LogP contribution >= 0.6 is 7.92 Å². The van der Waals surface area contributed by atoms with Crippen molar-refractivity contribution in [3.05, 3.63) is 84.4 Å². The van der Waals surface area contributed by atoms with E-state index < -0.39 is 29.8 Å². The van der Waals surface area contributed by atoms with Crippen LogP contribution in [0.5, 0.6) is 0 Å². The Balaban J connectivity index is 2.28. The molecule has 0 bridgehead atoms. The Morgan fingerprint density at radius 2 is 1.37 bits per heavy atom. The average molecular weight is 410 g/mol. The first-order valence-electron chi connectivity index (χ1n) is 7.77. The second-order valence-electron chi connectivity index (χ2n) is 5.66. The highest BCUT2D eigenvalue weighted by Crippen LogP contribution is 2.39. The van der Waals surface area contributed by atoms with Gasteiger partial charge in [-0.2, -0.15) is 21.6 Å². The minimum absolute atomic E-state index is 0.0682. The summed E-state index contributed by atoms with van der Waals surface area (Å²) in [5.41, 5.74) is -0.766. The molecular weight excluding hydrogens is 396 g/mol. The maximum absolute atomic E-state index is 13.6. The van der Waals surface area contributed by atoms with Crippen molar-refractivity contribution in [3.63, 3.8) is 0 Å². The standard InChI is InChI=1S/C19H14F3O3PS/c20-19(21,22)17-11-4-5-12-18(17)26(14-7-2-1-3-8-14)15-9-6-10-16(13-15)27(23,24)25/h1-13H,(H,23,24,25). The van der Waals surface area contributed by atoms with E-state index in [1.807, 2.05) is 0 Å². The molecule has 0 aromatic heterocycles. The van der Waals surface area contributed by atoms with Gasteiger partial charge in [0.25, 0.3) is 10.1 Å². The van der Waals surface area contributed by atoms with Gasteiger partial charge in [-0.1, -0.05) is 60.7 Å². The lowest BCUT2D eigenvalue weighted by molar-refractivity contribution is -0.136. The van der Waals surface area contributed by atoms with Crippen LogP contribution < -0.4 is 15.9 Å². The van der Waals surface area contributed by atoms with Crippen LogP contribution in [0.1, 0.15) is 5.56 Å². The first-order valence-corrected chi connectivity index (χ1v) is 10.5. The fourth-order valence-electron chi connectivity index (χ4n) is 2.70. The van der Waals surface area contributed by atoms with Gasteiger partial charge in [0.2, 0.25) is 0 Å².